The van der Waals surface area contributed by atoms with Crippen molar-refractivity contribution < 1.29 is 4.79 Å². The monoisotopic (exact) mass is 458 g/mol. The summed E-state index contributed by atoms with van der Waals surface area (Å²) in [6, 6.07) is 17.2. The molecule has 1 saturated carbocycles. The Morgan fingerprint density at radius 2 is 1.94 bits per heavy atom. The highest BCUT2D eigenvalue weighted by molar-refractivity contribution is 7.99. The summed E-state index contributed by atoms with van der Waals surface area (Å²) < 4.78 is 3.38. The number of nitrogens with one attached hydrogen (secondary N) is 1. The summed E-state index contributed by atoms with van der Waals surface area (Å²) in [5, 5.41) is 22.1. The third-order valence-electron chi connectivity index (χ3n) is 6.11. The quantitative estimate of drug-likeness (QED) is 0.445. The van der Waals surface area contributed by atoms with Gasteiger partial charge in [-0.05, 0) is 56.4 Å². The number of fused-ring (bicyclic) bond motifs is 3. The van der Waals surface area contributed by atoms with E-state index in [4.69, 9.17) is 0 Å². The number of rotatable bonds is 6. The summed E-state index contributed by atoms with van der Waals surface area (Å²) in [7, 11) is 0. The van der Waals surface area contributed by atoms with Gasteiger partial charge in [-0.15, -0.1) is 10.2 Å². The fourth-order valence-corrected chi connectivity index (χ4v) is 4.88. The van der Waals surface area contributed by atoms with E-state index in [1.54, 1.807) is 17.6 Å². The summed E-state index contributed by atoms with van der Waals surface area (Å²) in [6.07, 6.45) is 1.91. The van der Waals surface area contributed by atoms with E-state index in [0.717, 1.165) is 24.1 Å². The van der Waals surface area contributed by atoms with Gasteiger partial charge in [0.15, 0.2) is 5.16 Å². The van der Waals surface area contributed by atoms with Crippen molar-refractivity contribution in [2.75, 3.05) is 5.75 Å². The molecule has 8 nitrogen and oxygen atoms in total. The van der Waals surface area contributed by atoms with Crippen molar-refractivity contribution in [3.05, 3.63) is 64.4 Å². The van der Waals surface area contributed by atoms with Crippen LogP contribution in [-0.4, -0.2) is 36.4 Å². The van der Waals surface area contributed by atoms with Crippen molar-refractivity contribution in [3.63, 3.8) is 0 Å². The van der Waals surface area contributed by atoms with Crippen LogP contribution in [-0.2, 0) is 4.79 Å². The topological polar surface area (TPSA) is 105 Å². The molecule has 9 heteroatoms. The van der Waals surface area contributed by atoms with Gasteiger partial charge in [-0.25, -0.2) is 4.57 Å². The van der Waals surface area contributed by atoms with Crippen molar-refractivity contribution in [3.8, 4) is 11.8 Å². The van der Waals surface area contributed by atoms with Crippen molar-refractivity contribution >= 4 is 34.3 Å². The minimum Gasteiger partial charge on any atom is -0.337 e. The first-order valence-electron chi connectivity index (χ1n) is 10.7. The second-order valence-electron chi connectivity index (χ2n) is 8.49. The van der Waals surface area contributed by atoms with E-state index in [1.165, 1.54) is 11.8 Å². The van der Waals surface area contributed by atoms with Crippen LogP contribution < -0.4 is 10.9 Å². The van der Waals surface area contributed by atoms with Gasteiger partial charge in [0.1, 0.15) is 5.54 Å². The maximum absolute atomic E-state index is 13.4. The van der Waals surface area contributed by atoms with E-state index in [2.05, 4.69) is 21.6 Å². The van der Waals surface area contributed by atoms with E-state index < -0.39 is 5.54 Å². The fourth-order valence-electron chi connectivity index (χ4n) is 4.14. The number of amides is 1. The maximum atomic E-state index is 13.4. The molecule has 0 spiro atoms. The molecule has 0 aliphatic heterocycles. The molecule has 0 saturated heterocycles. The molecule has 2 aromatic carbocycles. The number of nitriles is 1. The number of carbonyl (C=O) groups excluding carboxylic acids is 1. The first kappa shape index (κ1) is 21.2. The van der Waals surface area contributed by atoms with Crippen molar-refractivity contribution in [2.45, 2.75) is 37.4 Å². The smallest absolute Gasteiger partial charge is 0.267 e. The number of benzene rings is 2. The Hall–Kier alpha value is -3.64. The van der Waals surface area contributed by atoms with Gasteiger partial charge in [-0.1, -0.05) is 42.1 Å². The van der Waals surface area contributed by atoms with Crippen LogP contribution in [0.3, 0.4) is 0 Å². The SMILES string of the molecule is Cc1ccccc1-n1c(=O)c2ccccc2n2c(SCC(=O)NC(C)(C#N)C3CC3)nnc12. The molecule has 0 radical (unpaired) electrons. The van der Waals surface area contributed by atoms with E-state index >= 15 is 0 Å². The number of aromatic nitrogens is 4. The molecule has 1 atom stereocenters. The predicted octanol–water partition coefficient (Wildman–Crippen LogP) is 3.24. The number of hydrogen-bond acceptors (Lipinski definition) is 6. The van der Waals surface area contributed by atoms with Crippen molar-refractivity contribution in [2.24, 2.45) is 5.92 Å². The molecule has 166 valence electrons. The lowest BCUT2D eigenvalue weighted by Crippen LogP contribution is -2.47. The highest BCUT2D eigenvalue weighted by Gasteiger charge is 2.43. The molecule has 5 rings (SSSR count). The minimum atomic E-state index is -0.845. The highest BCUT2D eigenvalue weighted by atomic mass is 32.2. The molecule has 1 aliphatic rings. The van der Waals surface area contributed by atoms with Gasteiger partial charge in [0, 0.05) is 0 Å². The maximum Gasteiger partial charge on any atom is 0.267 e. The summed E-state index contributed by atoms with van der Waals surface area (Å²) in [4.78, 5) is 26.0. The summed E-state index contributed by atoms with van der Waals surface area (Å²) in [6.45, 7) is 3.71. The summed E-state index contributed by atoms with van der Waals surface area (Å²) >= 11 is 1.23. The molecule has 1 aliphatic carbocycles. The largest absolute Gasteiger partial charge is 0.337 e. The van der Waals surface area contributed by atoms with Crippen LogP contribution in [0.25, 0.3) is 22.4 Å². The number of aryl methyl sites for hydroxylation is 1. The molecule has 4 aromatic rings. The van der Waals surface area contributed by atoms with Gasteiger partial charge in [0.2, 0.25) is 11.7 Å². The molecule has 33 heavy (non-hydrogen) atoms. The zero-order chi connectivity index (χ0) is 23.2. The van der Waals surface area contributed by atoms with Crippen LogP contribution in [0.2, 0.25) is 0 Å². The molecule has 2 heterocycles. The molecule has 1 unspecified atom stereocenters. The third kappa shape index (κ3) is 3.66. The van der Waals surface area contributed by atoms with Gasteiger partial charge in [0.05, 0.1) is 28.4 Å². The van der Waals surface area contributed by atoms with Crippen LogP contribution >= 0.6 is 11.8 Å². The Balaban J connectivity index is 1.56. The van der Waals surface area contributed by atoms with Gasteiger partial charge in [-0.3, -0.25) is 14.0 Å². The molecule has 2 aromatic heterocycles. The lowest BCUT2D eigenvalue weighted by Gasteiger charge is -2.22. The van der Waals surface area contributed by atoms with E-state index in [1.807, 2.05) is 53.8 Å². The molecule has 1 fully saturated rings. The Kier molecular flexibility index (Phi) is 5.17. The second-order valence-corrected chi connectivity index (χ2v) is 9.43. The predicted molar refractivity (Wildman–Crippen MR) is 126 cm³/mol. The number of para-hydroxylation sites is 2. The summed E-state index contributed by atoms with van der Waals surface area (Å²) in [5.41, 5.74) is 1.32. The standard InChI is InChI=1S/C24H22N6O2S/c1-15-7-3-5-9-18(15)29-21(32)17-8-4-6-10-19(17)30-22(29)27-28-23(30)33-13-20(31)26-24(2,14-25)16-11-12-16/h3-10,16H,11-13H2,1-2H3,(H,26,31). The number of hydrogen-bond donors (Lipinski definition) is 1. The van der Waals surface area contributed by atoms with E-state index in [-0.39, 0.29) is 23.1 Å². The minimum absolute atomic E-state index is 0.0859. The first-order chi connectivity index (χ1) is 15.9. The first-order valence-corrected chi connectivity index (χ1v) is 11.7. The molecular formula is C24H22N6O2S. The zero-order valence-electron chi connectivity index (χ0n) is 18.3. The van der Waals surface area contributed by atoms with Gasteiger partial charge >= 0.3 is 0 Å². The molecule has 1 amide bonds. The average molecular weight is 459 g/mol. The Labute approximate surface area is 194 Å². The molecular weight excluding hydrogens is 436 g/mol. The van der Waals surface area contributed by atoms with Crippen molar-refractivity contribution in [1.29, 1.82) is 5.26 Å². The molecule has 1 N–H and O–H groups in total. The number of thioether (sulfide) groups is 1. The van der Waals surface area contributed by atoms with Gasteiger partial charge < -0.3 is 5.32 Å². The van der Waals surface area contributed by atoms with E-state index in [0.29, 0.717) is 21.8 Å². The van der Waals surface area contributed by atoms with Crippen LogP contribution in [0.4, 0.5) is 0 Å². The Morgan fingerprint density at radius 3 is 2.67 bits per heavy atom. The number of carbonyl (C=O) groups is 1. The average Bonchev–Trinajstić information content (AvgIpc) is 3.60. The normalized spacial score (nSPS) is 15.3. The van der Waals surface area contributed by atoms with E-state index in [9.17, 15) is 14.9 Å². The van der Waals surface area contributed by atoms with Crippen LogP contribution in [0.5, 0.6) is 0 Å². The second kappa shape index (κ2) is 8.05. The fraction of sp³-hybridized carbons (Fsp3) is 0.292. The van der Waals surface area contributed by atoms with Crippen LogP contribution in [0, 0.1) is 24.2 Å². The van der Waals surface area contributed by atoms with Gasteiger partial charge in [0.25, 0.3) is 5.56 Å². The Morgan fingerprint density at radius 1 is 1.21 bits per heavy atom. The Bertz CT molecular complexity index is 1500. The number of nitrogens with zero attached hydrogens (tertiary/aromatic N) is 5. The summed E-state index contributed by atoms with van der Waals surface area (Å²) in [5.74, 6) is 0.445. The highest BCUT2D eigenvalue weighted by Crippen LogP contribution is 2.39. The van der Waals surface area contributed by atoms with Crippen LogP contribution in [0.15, 0.2) is 58.5 Å². The lowest BCUT2D eigenvalue weighted by atomic mass is 9.98. The van der Waals surface area contributed by atoms with Crippen LogP contribution in [0.1, 0.15) is 25.3 Å². The van der Waals surface area contributed by atoms with Gasteiger partial charge in [-0.2, -0.15) is 5.26 Å². The van der Waals surface area contributed by atoms with Crippen molar-refractivity contribution in [1.82, 2.24) is 24.5 Å². The molecule has 0 bridgehead atoms. The lowest BCUT2D eigenvalue weighted by molar-refractivity contribution is -0.119. The zero-order valence-corrected chi connectivity index (χ0v) is 19.1. The third-order valence-corrected chi connectivity index (χ3v) is 7.04.